The molecule has 0 aliphatic carbocycles. The number of anilines is 1. The molecule has 1 aliphatic heterocycles. The van der Waals surface area contributed by atoms with Crippen LogP contribution >= 0.6 is 0 Å². The Balaban J connectivity index is 2.35. The minimum absolute atomic E-state index is 0.216. The van der Waals surface area contributed by atoms with Crippen LogP contribution in [0.25, 0.3) is 0 Å². The van der Waals surface area contributed by atoms with Gasteiger partial charge in [0.2, 0.25) is 0 Å². The van der Waals surface area contributed by atoms with E-state index >= 15 is 0 Å². The zero-order valence-corrected chi connectivity index (χ0v) is 7.17. The number of hydrogen-bond acceptors (Lipinski definition) is 2. The number of rotatable bonds is 1. The Bertz CT molecular complexity index is 296. The molecule has 1 aromatic carbocycles. The maximum absolute atomic E-state index is 8.97. The van der Waals surface area contributed by atoms with Gasteiger partial charge in [-0.1, -0.05) is 12.1 Å². The summed E-state index contributed by atoms with van der Waals surface area (Å²) in [5, 5.41) is 12.2. The largest absolute Gasteiger partial charge is 0.394 e. The van der Waals surface area contributed by atoms with Gasteiger partial charge in [-0.25, -0.2) is 0 Å². The molecular weight excluding hydrogens is 150 g/mol. The van der Waals surface area contributed by atoms with Crippen LogP contribution in [0.2, 0.25) is 0 Å². The highest BCUT2D eigenvalue weighted by molar-refractivity contribution is 5.59. The predicted molar refractivity (Wildman–Crippen MR) is 49.4 cm³/mol. The van der Waals surface area contributed by atoms with Gasteiger partial charge in [0.05, 0.1) is 12.6 Å². The minimum atomic E-state index is 0.216. The highest BCUT2D eigenvalue weighted by Gasteiger charge is 2.20. The predicted octanol–water partition coefficient (Wildman–Crippen LogP) is 1.32. The van der Waals surface area contributed by atoms with Crippen LogP contribution in [-0.2, 0) is 6.42 Å². The summed E-state index contributed by atoms with van der Waals surface area (Å²) in [6.07, 6.45) is 0.957. The third-order valence-corrected chi connectivity index (χ3v) is 2.44. The van der Waals surface area contributed by atoms with E-state index in [4.69, 9.17) is 5.11 Å². The van der Waals surface area contributed by atoms with Crippen molar-refractivity contribution in [2.24, 2.45) is 0 Å². The SMILES string of the molecule is Cc1cccc2c1C[C@@H](CO)N2. The molecule has 0 saturated carbocycles. The van der Waals surface area contributed by atoms with Crippen LogP contribution in [-0.4, -0.2) is 17.8 Å². The summed E-state index contributed by atoms with van der Waals surface area (Å²) >= 11 is 0. The van der Waals surface area contributed by atoms with E-state index in [0.717, 1.165) is 6.42 Å². The third-order valence-electron chi connectivity index (χ3n) is 2.44. The van der Waals surface area contributed by atoms with E-state index in [-0.39, 0.29) is 12.6 Å². The molecule has 1 aromatic rings. The number of aliphatic hydroxyl groups is 1. The van der Waals surface area contributed by atoms with Gasteiger partial charge in [0.1, 0.15) is 0 Å². The summed E-state index contributed by atoms with van der Waals surface area (Å²) in [5.74, 6) is 0. The van der Waals surface area contributed by atoms with E-state index in [2.05, 4.69) is 24.4 Å². The van der Waals surface area contributed by atoms with Crippen molar-refractivity contribution in [1.29, 1.82) is 0 Å². The molecule has 0 spiro atoms. The molecule has 1 aliphatic rings. The second-order valence-electron chi connectivity index (χ2n) is 3.33. The van der Waals surface area contributed by atoms with Gasteiger partial charge in [-0.2, -0.15) is 0 Å². The Labute approximate surface area is 72.2 Å². The number of hydrogen-bond donors (Lipinski definition) is 2. The molecule has 0 radical (unpaired) electrons. The first-order chi connectivity index (χ1) is 5.81. The molecule has 0 bridgehead atoms. The lowest BCUT2D eigenvalue weighted by atomic mass is 10.0. The molecule has 0 amide bonds. The van der Waals surface area contributed by atoms with E-state index < -0.39 is 0 Å². The fourth-order valence-electron chi connectivity index (χ4n) is 1.74. The summed E-state index contributed by atoms with van der Waals surface area (Å²) in [4.78, 5) is 0. The Morgan fingerprint density at radius 3 is 3.08 bits per heavy atom. The van der Waals surface area contributed by atoms with Gasteiger partial charge in [0.25, 0.3) is 0 Å². The fourth-order valence-corrected chi connectivity index (χ4v) is 1.74. The molecule has 64 valence electrons. The average molecular weight is 163 g/mol. The van der Waals surface area contributed by atoms with Crippen LogP contribution in [0, 0.1) is 6.92 Å². The number of aryl methyl sites for hydroxylation is 1. The average Bonchev–Trinajstić information content (AvgIpc) is 2.49. The van der Waals surface area contributed by atoms with E-state index in [1.54, 1.807) is 0 Å². The van der Waals surface area contributed by atoms with Crippen molar-refractivity contribution in [3.8, 4) is 0 Å². The maximum Gasteiger partial charge on any atom is 0.0636 e. The lowest BCUT2D eigenvalue weighted by molar-refractivity contribution is 0.277. The topological polar surface area (TPSA) is 32.3 Å². The second-order valence-corrected chi connectivity index (χ2v) is 3.33. The molecule has 12 heavy (non-hydrogen) atoms. The number of benzene rings is 1. The first kappa shape index (κ1) is 7.62. The smallest absolute Gasteiger partial charge is 0.0636 e. The van der Waals surface area contributed by atoms with Crippen LogP contribution in [0.1, 0.15) is 11.1 Å². The Morgan fingerprint density at radius 2 is 2.42 bits per heavy atom. The molecular formula is C10H13NO. The maximum atomic E-state index is 8.97. The summed E-state index contributed by atoms with van der Waals surface area (Å²) in [6, 6.07) is 6.44. The minimum Gasteiger partial charge on any atom is -0.394 e. The highest BCUT2D eigenvalue weighted by Crippen LogP contribution is 2.27. The summed E-state index contributed by atoms with van der Waals surface area (Å²) in [6.45, 7) is 2.33. The Kier molecular flexibility index (Phi) is 1.77. The van der Waals surface area contributed by atoms with E-state index in [0.29, 0.717) is 0 Å². The van der Waals surface area contributed by atoms with E-state index in [1.807, 2.05) is 6.07 Å². The van der Waals surface area contributed by atoms with Crippen molar-refractivity contribution in [2.45, 2.75) is 19.4 Å². The lowest BCUT2D eigenvalue weighted by Gasteiger charge is -2.04. The van der Waals surface area contributed by atoms with Crippen molar-refractivity contribution in [3.63, 3.8) is 0 Å². The molecule has 2 N–H and O–H groups in total. The van der Waals surface area contributed by atoms with Crippen LogP contribution in [0.4, 0.5) is 5.69 Å². The van der Waals surface area contributed by atoms with Crippen molar-refractivity contribution in [3.05, 3.63) is 29.3 Å². The van der Waals surface area contributed by atoms with Gasteiger partial charge >= 0.3 is 0 Å². The first-order valence-electron chi connectivity index (χ1n) is 4.27. The monoisotopic (exact) mass is 163 g/mol. The van der Waals surface area contributed by atoms with Gasteiger partial charge in [0, 0.05) is 5.69 Å². The van der Waals surface area contributed by atoms with Crippen molar-refractivity contribution in [2.75, 3.05) is 11.9 Å². The first-order valence-corrected chi connectivity index (χ1v) is 4.27. The zero-order chi connectivity index (χ0) is 8.55. The molecule has 1 atom stereocenters. The summed E-state index contributed by atoms with van der Waals surface area (Å²) in [7, 11) is 0. The lowest BCUT2D eigenvalue weighted by Crippen LogP contribution is -2.19. The van der Waals surface area contributed by atoms with Gasteiger partial charge in [-0.15, -0.1) is 0 Å². The molecule has 2 nitrogen and oxygen atoms in total. The van der Waals surface area contributed by atoms with Crippen LogP contribution in [0.3, 0.4) is 0 Å². The molecule has 0 saturated heterocycles. The summed E-state index contributed by atoms with van der Waals surface area (Å²) in [5.41, 5.74) is 3.86. The van der Waals surface area contributed by atoms with Crippen molar-refractivity contribution in [1.82, 2.24) is 0 Å². The number of nitrogens with one attached hydrogen (secondary N) is 1. The van der Waals surface area contributed by atoms with Gasteiger partial charge in [-0.3, -0.25) is 0 Å². The molecule has 0 unspecified atom stereocenters. The highest BCUT2D eigenvalue weighted by atomic mass is 16.3. The van der Waals surface area contributed by atoms with Crippen LogP contribution in [0.15, 0.2) is 18.2 Å². The number of aliphatic hydroxyl groups excluding tert-OH is 1. The molecule has 2 heteroatoms. The Hall–Kier alpha value is -1.02. The Morgan fingerprint density at radius 1 is 1.58 bits per heavy atom. The normalized spacial score (nSPS) is 20.3. The van der Waals surface area contributed by atoms with Crippen molar-refractivity contribution < 1.29 is 5.11 Å². The van der Waals surface area contributed by atoms with Crippen LogP contribution < -0.4 is 5.32 Å². The van der Waals surface area contributed by atoms with Gasteiger partial charge in [-0.05, 0) is 30.5 Å². The zero-order valence-electron chi connectivity index (χ0n) is 7.17. The van der Waals surface area contributed by atoms with Crippen molar-refractivity contribution >= 4 is 5.69 Å². The summed E-state index contributed by atoms with van der Waals surface area (Å²) < 4.78 is 0. The van der Waals surface area contributed by atoms with E-state index in [1.165, 1.54) is 16.8 Å². The molecule has 0 fully saturated rings. The fraction of sp³-hybridized carbons (Fsp3) is 0.400. The van der Waals surface area contributed by atoms with Gasteiger partial charge in [0.15, 0.2) is 0 Å². The number of fused-ring (bicyclic) bond motifs is 1. The standard InChI is InChI=1S/C10H13NO/c1-7-3-2-4-10-9(7)5-8(6-12)11-10/h2-4,8,11-12H,5-6H2,1H3/t8-/m0/s1. The quantitative estimate of drug-likeness (QED) is 0.654. The second kappa shape index (κ2) is 2.79. The van der Waals surface area contributed by atoms with Gasteiger partial charge < -0.3 is 10.4 Å². The van der Waals surface area contributed by atoms with E-state index in [9.17, 15) is 0 Å². The molecule has 1 heterocycles. The molecule has 2 rings (SSSR count). The van der Waals surface area contributed by atoms with Crippen LogP contribution in [0.5, 0.6) is 0 Å². The molecule has 0 aromatic heterocycles. The third kappa shape index (κ3) is 1.08.